The second-order valence-electron chi connectivity index (χ2n) is 4.83. The fourth-order valence-electron chi connectivity index (χ4n) is 2.07. The van der Waals surface area contributed by atoms with Crippen molar-refractivity contribution >= 4 is 5.91 Å². The smallest absolute Gasteiger partial charge is 0.243 e. The summed E-state index contributed by atoms with van der Waals surface area (Å²) in [5.41, 5.74) is 0.396. The quantitative estimate of drug-likeness (QED) is 0.362. The molecule has 10 nitrogen and oxygen atoms in total. The van der Waals surface area contributed by atoms with Crippen molar-refractivity contribution in [2.45, 2.75) is 37.2 Å². The lowest BCUT2D eigenvalue weighted by molar-refractivity contribution is -0.254. The highest BCUT2D eigenvalue weighted by atomic mass is 16.6. The van der Waals surface area contributed by atoms with E-state index < -0.39 is 37.3 Å². The lowest BCUT2D eigenvalue weighted by Crippen LogP contribution is -2.56. The Labute approximate surface area is 125 Å². The summed E-state index contributed by atoms with van der Waals surface area (Å²) >= 11 is 0. The first-order valence-electron chi connectivity index (χ1n) is 6.59. The van der Waals surface area contributed by atoms with E-state index in [1.807, 2.05) is 0 Å². The van der Waals surface area contributed by atoms with Gasteiger partial charge in [0, 0.05) is 0 Å². The molecule has 5 atom stereocenters. The van der Waals surface area contributed by atoms with Crippen molar-refractivity contribution in [1.82, 2.24) is 20.3 Å². The first kappa shape index (κ1) is 16.5. The molecule has 0 spiro atoms. The number of carbonyl (C=O) groups is 1. The highest BCUT2D eigenvalue weighted by Crippen LogP contribution is 2.27. The van der Waals surface area contributed by atoms with Crippen molar-refractivity contribution in [2.75, 3.05) is 6.61 Å². The Morgan fingerprint density at radius 3 is 2.77 bits per heavy atom. The van der Waals surface area contributed by atoms with Crippen LogP contribution in [0.4, 0.5) is 0 Å². The zero-order valence-corrected chi connectivity index (χ0v) is 11.6. The van der Waals surface area contributed by atoms with Crippen molar-refractivity contribution in [1.29, 1.82) is 0 Å². The molecule has 0 saturated carbocycles. The van der Waals surface area contributed by atoms with Gasteiger partial charge in [-0.05, 0) is 6.08 Å². The van der Waals surface area contributed by atoms with Gasteiger partial charge in [-0.15, -0.1) is 5.10 Å². The van der Waals surface area contributed by atoms with Crippen LogP contribution in [0.5, 0.6) is 0 Å². The van der Waals surface area contributed by atoms with Crippen LogP contribution in [0.1, 0.15) is 11.9 Å². The highest BCUT2D eigenvalue weighted by molar-refractivity contribution is 5.86. The average molecular weight is 314 g/mol. The number of aliphatic hydroxyl groups excluding tert-OH is 4. The molecule has 1 aliphatic heterocycles. The van der Waals surface area contributed by atoms with Gasteiger partial charge in [-0.1, -0.05) is 11.8 Å². The number of carbonyl (C=O) groups excluding carboxylic acids is 1. The summed E-state index contributed by atoms with van der Waals surface area (Å²) in [5.74, 6) is -0.373. The van der Waals surface area contributed by atoms with Crippen molar-refractivity contribution in [3.8, 4) is 0 Å². The molecule has 0 radical (unpaired) electrons. The van der Waals surface area contributed by atoms with Gasteiger partial charge in [0.1, 0.15) is 30.1 Å². The highest BCUT2D eigenvalue weighted by Gasteiger charge is 2.44. The van der Waals surface area contributed by atoms with Gasteiger partial charge in [-0.3, -0.25) is 4.79 Å². The zero-order valence-electron chi connectivity index (χ0n) is 11.6. The van der Waals surface area contributed by atoms with Crippen LogP contribution in [-0.4, -0.2) is 72.3 Å². The number of nitrogens with one attached hydrogen (secondary N) is 1. The number of aromatic nitrogens is 3. The Bertz CT molecular complexity index is 533. The van der Waals surface area contributed by atoms with E-state index in [4.69, 9.17) is 9.84 Å². The number of nitrogens with zero attached hydrogens (tertiary/aromatic N) is 3. The van der Waals surface area contributed by atoms with Gasteiger partial charge in [-0.25, -0.2) is 4.68 Å². The maximum Gasteiger partial charge on any atom is 0.243 e. The number of amides is 1. The normalized spacial score (nSPS) is 31.7. The summed E-state index contributed by atoms with van der Waals surface area (Å²) in [6, 6.07) is 0. The number of aliphatic hydroxyl groups is 4. The molecule has 0 aliphatic carbocycles. The van der Waals surface area contributed by atoms with Crippen molar-refractivity contribution in [3.05, 3.63) is 24.5 Å². The SMILES string of the molecule is C=CC(=O)NCc1cn([C@H]2O[C@H](CO)[C@@H](O)[C@H](O)[C@@H]2O)nn1. The number of ether oxygens (including phenoxy) is 1. The van der Waals surface area contributed by atoms with Gasteiger partial charge < -0.3 is 30.5 Å². The third-order valence-electron chi connectivity index (χ3n) is 3.31. The summed E-state index contributed by atoms with van der Waals surface area (Å²) in [6.07, 6.45) is -4.01. The van der Waals surface area contributed by atoms with E-state index in [9.17, 15) is 20.1 Å². The largest absolute Gasteiger partial charge is 0.394 e. The molecule has 1 amide bonds. The summed E-state index contributed by atoms with van der Waals surface area (Å²) < 4.78 is 6.47. The van der Waals surface area contributed by atoms with Crippen molar-refractivity contribution < 1.29 is 30.0 Å². The van der Waals surface area contributed by atoms with Crippen LogP contribution in [0.15, 0.2) is 18.9 Å². The molecule has 5 N–H and O–H groups in total. The fourth-order valence-corrected chi connectivity index (χ4v) is 2.07. The Balaban J connectivity index is 2.08. The van der Waals surface area contributed by atoms with E-state index in [0.717, 1.165) is 10.8 Å². The van der Waals surface area contributed by atoms with E-state index in [1.165, 1.54) is 6.20 Å². The lowest BCUT2D eigenvalue weighted by atomic mass is 9.98. The molecule has 1 aromatic heterocycles. The molecule has 1 aliphatic rings. The molecule has 1 fully saturated rings. The minimum atomic E-state index is -1.50. The maximum absolute atomic E-state index is 11.1. The van der Waals surface area contributed by atoms with Gasteiger partial charge >= 0.3 is 0 Å². The van der Waals surface area contributed by atoms with E-state index in [-0.39, 0.29) is 12.5 Å². The molecule has 0 bridgehead atoms. The van der Waals surface area contributed by atoms with Crippen LogP contribution >= 0.6 is 0 Å². The fraction of sp³-hybridized carbons (Fsp3) is 0.583. The van der Waals surface area contributed by atoms with Gasteiger partial charge in [0.15, 0.2) is 6.23 Å². The molecule has 1 aromatic rings. The van der Waals surface area contributed by atoms with Gasteiger partial charge in [-0.2, -0.15) is 0 Å². The third kappa shape index (κ3) is 3.31. The molecule has 10 heteroatoms. The summed E-state index contributed by atoms with van der Waals surface area (Å²) in [7, 11) is 0. The van der Waals surface area contributed by atoms with E-state index in [1.54, 1.807) is 0 Å². The Morgan fingerprint density at radius 2 is 2.14 bits per heavy atom. The number of rotatable bonds is 5. The van der Waals surface area contributed by atoms with Crippen LogP contribution in [-0.2, 0) is 16.1 Å². The third-order valence-corrected chi connectivity index (χ3v) is 3.31. The topological polar surface area (TPSA) is 150 Å². The maximum atomic E-state index is 11.1. The molecule has 22 heavy (non-hydrogen) atoms. The molecule has 2 heterocycles. The van der Waals surface area contributed by atoms with Crippen LogP contribution in [0.3, 0.4) is 0 Å². The van der Waals surface area contributed by atoms with Gasteiger partial charge in [0.25, 0.3) is 0 Å². The zero-order chi connectivity index (χ0) is 16.3. The predicted octanol–water partition coefficient (Wildman–Crippen LogP) is -2.95. The average Bonchev–Trinajstić information content (AvgIpc) is 2.99. The molecule has 0 aromatic carbocycles. The van der Waals surface area contributed by atoms with Crippen LogP contribution < -0.4 is 5.32 Å². The first-order chi connectivity index (χ1) is 10.5. The number of hydrogen-bond donors (Lipinski definition) is 5. The molecule has 2 rings (SSSR count). The molecule has 0 unspecified atom stereocenters. The minimum absolute atomic E-state index is 0.0995. The van der Waals surface area contributed by atoms with Crippen molar-refractivity contribution in [2.24, 2.45) is 0 Å². The standard InChI is InChI=1S/C12H18N4O6/c1-2-8(18)13-3-6-4-16(15-14-6)12-11(21)10(20)9(19)7(5-17)22-12/h2,4,7,9-12,17,19-21H,1,3,5H2,(H,13,18)/t7-,9-,10+,11+,12+/m1/s1. The Morgan fingerprint density at radius 1 is 1.41 bits per heavy atom. The monoisotopic (exact) mass is 314 g/mol. The van der Waals surface area contributed by atoms with E-state index >= 15 is 0 Å². The van der Waals surface area contributed by atoms with Crippen LogP contribution in [0, 0.1) is 0 Å². The van der Waals surface area contributed by atoms with Gasteiger partial charge in [0.05, 0.1) is 19.3 Å². The second-order valence-corrected chi connectivity index (χ2v) is 4.83. The first-order valence-corrected chi connectivity index (χ1v) is 6.59. The second kappa shape index (κ2) is 6.94. The Hall–Kier alpha value is -1.85. The minimum Gasteiger partial charge on any atom is -0.394 e. The van der Waals surface area contributed by atoms with Crippen LogP contribution in [0.2, 0.25) is 0 Å². The molecular formula is C12H18N4O6. The predicted molar refractivity (Wildman–Crippen MR) is 71.1 cm³/mol. The summed E-state index contributed by atoms with van der Waals surface area (Å²) in [6.45, 7) is 2.88. The molecule has 1 saturated heterocycles. The molecule has 122 valence electrons. The van der Waals surface area contributed by atoms with Crippen molar-refractivity contribution in [3.63, 3.8) is 0 Å². The number of hydrogen-bond acceptors (Lipinski definition) is 8. The summed E-state index contributed by atoms with van der Waals surface area (Å²) in [4.78, 5) is 11.1. The van der Waals surface area contributed by atoms with E-state index in [0.29, 0.717) is 5.69 Å². The lowest BCUT2D eigenvalue weighted by Gasteiger charge is -2.39. The molecular weight excluding hydrogens is 296 g/mol. The summed E-state index contributed by atoms with van der Waals surface area (Å²) in [5, 5.41) is 48.6. The Kier molecular flexibility index (Phi) is 5.21. The van der Waals surface area contributed by atoms with Crippen LogP contribution in [0.25, 0.3) is 0 Å². The van der Waals surface area contributed by atoms with E-state index in [2.05, 4.69) is 22.2 Å². The van der Waals surface area contributed by atoms with Gasteiger partial charge in [0.2, 0.25) is 5.91 Å².